The Hall–Kier alpha value is -1.86. The Morgan fingerprint density at radius 1 is 1.23 bits per heavy atom. The van der Waals surface area contributed by atoms with Gasteiger partial charge in [0.15, 0.2) is 5.78 Å². The van der Waals surface area contributed by atoms with Gasteiger partial charge in [0.25, 0.3) is 0 Å². The zero-order valence-corrected chi connectivity index (χ0v) is 13.1. The molecule has 1 N–H and O–H groups in total. The minimum atomic E-state index is -0.940. The summed E-state index contributed by atoms with van der Waals surface area (Å²) >= 11 is 5.78. The minimum absolute atomic E-state index is 0.101. The Kier molecular flexibility index (Phi) is 5.97. The van der Waals surface area contributed by atoms with E-state index in [4.69, 9.17) is 11.6 Å². The van der Waals surface area contributed by atoms with Crippen LogP contribution in [-0.2, 0) is 4.79 Å². The van der Waals surface area contributed by atoms with Gasteiger partial charge in [-0.25, -0.2) is 0 Å². The average Bonchev–Trinajstić information content (AvgIpc) is 2.53. The first-order chi connectivity index (χ1) is 10.6. The first-order valence-electron chi connectivity index (χ1n) is 7.59. The van der Waals surface area contributed by atoms with E-state index < -0.39 is 5.92 Å². The summed E-state index contributed by atoms with van der Waals surface area (Å²) < 4.78 is 0. The van der Waals surface area contributed by atoms with Crippen molar-refractivity contribution in [2.75, 3.05) is 0 Å². The molecule has 0 spiro atoms. The minimum Gasteiger partial charge on any atom is -0.352 e. The van der Waals surface area contributed by atoms with E-state index >= 15 is 0 Å². The molecule has 116 valence electrons. The van der Waals surface area contributed by atoms with Gasteiger partial charge in [-0.1, -0.05) is 30.9 Å². The van der Waals surface area contributed by atoms with Gasteiger partial charge in [0.1, 0.15) is 5.92 Å². The topological polar surface area (TPSA) is 70.0 Å². The molecule has 1 aliphatic carbocycles. The molecule has 0 aromatic heterocycles. The van der Waals surface area contributed by atoms with Gasteiger partial charge in [-0.3, -0.25) is 9.59 Å². The average molecular weight is 319 g/mol. The van der Waals surface area contributed by atoms with Crippen LogP contribution in [0.1, 0.15) is 48.9 Å². The van der Waals surface area contributed by atoms with E-state index in [0.29, 0.717) is 10.6 Å². The van der Waals surface area contributed by atoms with Gasteiger partial charge in [-0.2, -0.15) is 5.26 Å². The summed E-state index contributed by atoms with van der Waals surface area (Å²) in [6.07, 6.45) is 5.21. The van der Waals surface area contributed by atoms with Gasteiger partial charge in [0, 0.05) is 23.0 Å². The predicted molar refractivity (Wildman–Crippen MR) is 84.5 cm³/mol. The van der Waals surface area contributed by atoms with Crippen molar-refractivity contribution in [1.82, 2.24) is 5.32 Å². The molecule has 1 fully saturated rings. The number of carbonyl (C=O) groups excluding carboxylic acids is 2. The normalized spacial score (nSPS) is 16.5. The van der Waals surface area contributed by atoms with Crippen LogP contribution in [0.5, 0.6) is 0 Å². The molecule has 1 atom stereocenters. The third-order valence-corrected chi connectivity index (χ3v) is 4.23. The number of hydrogen-bond acceptors (Lipinski definition) is 3. The van der Waals surface area contributed by atoms with Crippen LogP contribution in [0.15, 0.2) is 24.3 Å². The molecule has 4 nitrogen and oxygen atoms in total. The van der Waals surface area contributed by atoms with Gasteiger partial charge < -0.3 is 5.32 Å². The van der Waals surface area contributed by atoms with Crippen molar-refractivity contribution in [3.05, 3.63) is 34.9 Å². The predicted octanol–water partition coefficient (Wildman–Crippen LogP) is 3.50. The van der Waals surface area contributed by atoms with E-state index in [-0.39, 0.29) is 24.2 Å². The quantitative estimate of drug-likeness (QED) is 0.845. The molecule has 0 heterocycles. The molecule has 1 aromatic carbocycles. The summed E-state index contributed by atoms with van der Waals surface area (Å²) in [6.45, 7) is 0. The highest BCUT2D eigenvalue weighted by atomic mass is 35.5. The summed E-state index contributed by atoms with van der Waals surface area (Å²) in [5.41, 5.74) is 0.468. The van der Waals surface area contributed by atoms with Crippen molar-refractivity contribution in [2.45, 2.75) is 44.6 Å². The molecule has 0 aliphatic heterocycles. The summed E-state index contributed by atoms with van der Waals surface area (Å²) in [7, 11) is 0. The highest BCUT2D eigenvalue weighted by Gasteiger charge is 2.25. The molecule has 1 unspecified atom stereocenters. The fourth-order valence-electron chi connectivity index (χ4n) is 2.68. The second-order valence-electron chi connectivity index (χ2n) is 5.66. The van der Waals surface area contributed by atoms with E-state index in [1.54, 1.807) is 24.3 Å². The summed E-state index contributed by atoms with van der Waals surface area (Å²) in [5, 5.41) is 12.6. The number of amides is 1. The van der Waals surface area contributed by atoms with Crippen molar-refractivity contribution in [3.8, 4) is 6.07 Å². The molecule has 1 aliphatic rings. The fraction of sp³-hybridized carbons (Fsp3) is 0.471. The van der Waals surface area contributed by atoms with Crippen LogP contribution >= 0.6 is 11.6 Å². The second-order valence-corrected chi connectivity index (χ2v) is 6.10. The SMILES string of the molecule is N#CC(CC(=O)c1ccc(Cl)cc1)C(=O)NC1CCCCC1. The van der Waals surface area contributed by atoms with Crippen LogP contribution in [0.25, 0.3) is 0 Å². The third-order valence-electron chi connectivity index (χ3n) is 3.98. The van der Waals surface area contributed by atoms with Crippen molar-refractivity contribution in [2.24, 2.45) is 5.92 Å². The smallest absolute Gasteiger partial charge is 0.238 e. The number of ketones is 1. The van der Waals surface area contributed by atoms with Crippen molar-refractivity contribution >= 4 is 23.3 Å². The number of nitrogens with zero attached hydrogens (tertiary/aromatic N) is 1. The Balaban J connectivity index is 1.93. The number of hydrogen-bond donors (Lipinski definition) is 1. The van der Waals surface area contributed by atoms with E-state index in [1.165, 1.54) is 6.42 Å². The zero-order valence-electron chi connectivity index (χ0n) is 12.3. The number of nitrogens with one attached hydrogen (secondary N) is 1. The number of Topliss-reactive ketones (excluding diaryl/α,β-unsaturated/α-hetero) is 1. The Bertz CT molecular complexity index is 571. The van der Waals surface area contributed by atoms with Gasteiger partial charge in [0.2, 0.25) is 5.91 Å². The fourth-order valence-corrected chi connectivity index (χ4v) is 2.81. The second kappa shape index (κ2) is 7.95. The van der Waals surface area contributed by atoms with Gasteiger partial charge >= 0.3 is 0 Å². The molecule has 1 amide bonds. The highest BCUT2D eigenvalue weighted by Crippen LogP contribution is 2.19. The molecule has 0 saturated heterocycles. The summed E-state index contributed by atoms with van der Waals surface area (Å²) in [4.78, 5) is 24.3. The standard InChI is InChI=1S/C17H19ClN2O2/c18-14-8-6-12(7-9-14)16(21)10-13(11-19)17(22)20-15-4-2-1-3-5-15/h6-9,13,15H,1-5,10H2,(H,20,22). The lowest BCUT2D eigenvalue weighted by Gasteiger charge is -2.23. The molecular weight excluding hydrogens is 300 g/mol. The van der Waals surface area contributed by atoms with Gasteiger partial charge in [-0.15, -0.1) is 0 Å². The van der Waals surface area contributed by atoms with E-state index in [1.807, 2.05) is 6.07 Å². The maximum atomic E-state index is 12.2. The molecule has 22 heavy (non-hydrogen) atoms. The number of rotatable bonds is 5. The van der Waals surface area contributed by atoms with Crippen molar-refractivity contribution in [1.29, 1.82) is 5.26 Å². The molecule has 1 aromatic rings. The number of carbonyl (C=O) groups is 2. The maximum Gasteiger partial charge on any atom is 0.238 e. The van der Waals surface area contributed by atoms with Crippen LogP contribution in [0.3, 0.4) is 0 Å². The Labute approximate surface area is 135 Å². The molecule has 0 radical (unpaired) electrons. The van der Waals surface area contributed by atoms with Crippen LogP contribution < -0.4 is 5.32 Å². The first-order valence-corrected chi connectivity index (χ1v) is 7.96. The van der Waals surface area contributed by atoms with Crippen LogP contribution in [-0.4, -0.2) is 17.7 Å². The highest BCUT2D eigenvalue weighted by molar-refractivity contribution is 6.30. The summed E-state index contributed by atoms with van der Waals surface area (Å²) in [6, 6.07) is 8.55. The Morgan fingerprint density at radius 2 is 1.86 bits per heavy atom. The monoisotopic (exact) mass is 318 g/mol. The lowest BCUT2D eigenvalue weighted by molar-refractivity contribution is -0.124. The van der Waals surface area contributed by atoms with Crippen molar-refractivity contribution < 1.29 is 9.59 Å². The number of benzene rings is 1. The molecule has 0 bridgehead atoms. The summed E-state index contributed by atoms with van der Waals surface area (Å²) in [5.74, 6) is -1.50. The van der Waals surface area contributed by atoms with Crippen molar-refractivity contribution in [3.63, 3.8) is 0 Å². The third kappa shape index (κ3) is 4.57. The number of nitriles is 1. The maximum absolute atomic E-state index is 12.2. The van der Waals surface area contributed by atoms with Crippen LogP contribution in [0.2, 0.25) is 5.02 Å². The lowest BCUT2D eigenvalue weighted by atomic mass is 9.94. The van der Waals surface area contributed by atoms with E-state index in [0.717, 1.165) is 25.7 Å². The number of halogens is 1. The Morgan fingerprint density at radius 3 is 2.45 bits per heavy atom. The van der Waals surface area contributed by atoms with Crippen LogP contribution in [0, 0.1) is 17.2 Å². The van der Waals surface area contributed by atoms with E-state index in [9.17, 15) is 14.9 Å². The van der Waals surface area contributed by atoms with Crippen LogP contribution in [0.4, 0.5) is 0 Å². The van der Waals surface area contributed by atoms with Gasteiger partial charge in [0.05, 0.1) is 6.07 Å². The first kappa shape index (κ1) is 16.5. The van der Waals surface area contributed by atoms with Gasteiger partial charge in [-0.05, 0) is 37.1 Å². The van der Waals surface area contributed by atoms with E-state index in [2.05, 4.69) is 5.32 Å². The zero-order chi connectivity index (χ0) is 15.9. The molecule has 5 heteroatoms. The largest absolute Gasteiger partial charge is 0.352 e. The molecular formula is C17H19ClN2O2. The molecule has 2 rings (SSSR count). The molecule has 1 saturated carbocycles. The lowest BCUT2D eigenvalue weighted by Crippen LogP contribution is -2.40.